The molecule has 1 aromatic carbocycles. The molecule has 1 fully saturated rings. The van der Waals surface area contributed by atoms with E-state index < -0.39 is 0 Å². The van der Waals surface area contributed by atoms with Crippen LogP contribution in [0.15, 0.2) is 36.5 Å². The van der Waals surface area contributed by atoms with Crippen LogP contribution >= 0.6 is 0 Å². The lowest BCUT2D eigenvalue weighted by atomic mass is 10.0. The van der Waals surface area contributed by atoms with Crippen molar-refractivity contribution in [3.8, 4) is 23.0 Å². The van der Waals surface area contributed by atoms with Gasteiger partial charge in [0.2, 0.25) is 0 Å². The molecular formula is C19H19N3. The molecule has 0 atom stereocenters. The number of hydrogen-bond donors (Lipinski definition) is 1. The summed E-state index contributed by atoms with van der Waals surface area (Å²) in [5, 5.41) is 3.37. The maximum Gasteiger partial charge on any atom is 0.0606 e. The molecule has 1 saturated heterocycles. The Balaban J connectivity index is 1.61. The molecule has 1 N–H and O–H groups in total. The first-order chi connectivity index (χ1) is 10.9. The van der Waals surface area contributed by atoms with Crippen molar-refractivity contribution >= 4 is 0 Å². The fourth-order valence-corrected chi connectivity index (χ4v) is 3.26. The summed E-state index contributed by atoms with van der Waals surface area (Å²) in [7, 11) is 0. The van der Waals surface area contributed by atoms with Crippen molar-refractivity contribution in [3.05, 3.63) is 53.3 Å². The van der Waals surface area contributed by atoms with Gasteiger partial charge in [0.1, 0.15) is 0 Å². The fourth-order valence-electron chi connectivity index (χ4n) is 3.26. The van der Waals surface area contributed by atoms with Crippen LogP contribution in [0.5, 0.6) is 0 Å². The second-order valence-electron chi connectivity index (χ2n) is 5.84. The van der Waals surface area contributed by atoms with Gasteiger partial charge in [-0.3, -0.25) is 9.88 Å². The molecule has 1 aliphatic carbocycles. The van der Waals surface area contributed by atoms with Crippen LogP contribution in [0, 0.1) is 11.8 Å². The number of piperazine rings is 1. The first kappa shape index (κ1) is 13.5. The molecule has 0 saturated carbocycles. The highest BCUT2D eigenvalue weighted by Crippen LogP contribution is 2.37. The van der Waals surface area contributed by atoms with E-state index in [-0.39, 0.29) is 0 Å². The number of hydrogen-bond acceptors (Lipinski definition) is 3. The summed E-state index contributed by atoms with van der Waals surface area (Å²) in [4.78, 5) is 6.95. The Morgan fingerprint density at radius 3 is 2.91 bits per heavy atom. The van der Waals surface area contributed by atoms with Gasteiger partial charge in [-0.1, -0.05) is 36.1 Å². The van der Waals surface area contributed by atoms with E-state index in [9.17, 15) is 0 Å². The molecule has 1 aromatic heterocycles. The van der Waals surface area contributed by atoms with E-state index in [0.29, 0.717) is 0 Å². The van der Waals surface area contributed by atoms with Crippen LogP contribution in [0.2, 0.25) is 0 Å². The third-order valence-electron chi connectivity index (χ3n) is 4.41. The number of benzene rings is 1. The first-order valence-corrected chi connectivity index (χ1v) is 7.90. The van der Waals surface area contributed by atoms with E-state index in [1.54, 1.807) is 0 Å². The highest BCUT2D eigenvalue weighted by atomic mass is 15.2. The minimum absolute atomic E-state index is 0.848. The van der Waals surface area contributed by atoms with Crippen LogP contribution in [0.25, 0.3) is 11.1 Å². The molecule has 2 aromatic rings. The van der Waals surface area contributed by atoms with Gasteiger partial charge in [0.05, 0.1) is 12.2 Å². The van der Waals surface area contributed by atoms with Crippen molar-refractivity contribution in [2.24, 2.45) is 0 Å². The van der Waals surface area contributed by atoms with Gasteiger partial charge in [0.25, 0.3) is 0 Å². The Morgan fingerprint density at radius 1 is 1.14 bits per heavy atom. The molecule has 0 amide bonds. The number of pyridine rings is 1. The predicted octanol–water partition coefficient (Wildman–Crippen LogP) is 1.91. The highest BCUT2D eigenvalue weighted by molar-refractivity contribution is 5.80. The standard InChI is InChI=1S/C19H19N3/c1-2-6-17-16(4-1)14-18-19(17)15(7-8-21-18)5-3-11-22-12-9-20-10-13-22/h1-2,4,6-8,20H,9-14H2. The molecular weight excluding hydrogens is 270 g/mol. The lowest BCUT2D eigenvalue weighted by Gasteiger charge is -2.24. The van der Waals surface area contributed by atoms with Gasteiger partial charge in [-0.2, -0.15) is 0 Å². The molecule has 4 rings (SSSR count). The average Bonchev–Trinajstić information content (AvgIpc) is 2.95. The smallest absolute Gasteiger partial charge is 0.0606 e. The molecule has 0 bridgehead atoms. The van der Waals surface area contributed by atoms with Crippen molar-refractivity contribution in [1.29, 1.82) is 0 Å². The van der Waals surface area contributed by atoms with Crippen molar-refractivity contribution in [3.63, 3.8) is 0 Å². The lowest BCUT2D eigenvalue weighted by Crippen LogP contribution is -2.43. The largest absolute Gasteiger partial charge is 0.314 e. The number of fused-ring (bicyclic) bond motifs is 3. The molecule has 2 aliphatic rings. The van der Waals surface area contributed by atoms with Crippen molar-refractivity contribution in [2.45, 2.75) is 6.42 Å². The maximum absolute atomic E-state index is 4.55. The molecule has 0 radical (unpaired) electrons. The molecule has 1 aliphatic heterocycles. The third-order valence-corrected chi connectivity index (χ3v) is 4.41. The van der Waals surface area contributed by atoms with E-state index >= 15 is 0 Å². The minimum atomic E-state index is 0.848. The van der Waals surface area contributed by atoms with Gasteiger partial charge >= 0.3 is 0 Å². The second kappa shape index (κ2) is 5.92. The molecule has 3 nitrogen and oxygen atoms in total. The molecule has 2 heterocycles. The molecule has 3 heteroatoms. The van der Waals surface area contributed by atoms with Crippen LogP contribution in [0.3, 0.4) is 0 Å². The Bertz CT molecular complexity index is 749. The SMILES string of the molecule is C(#Cc1ccnc2c1-c1ccccc1C2)CN1CCNCC1. The Kier molecular flexibility index (Phi) is 3.64. The minimum Gasteiger partial charge on any atom is -0.314 e. The average molecular weight is 289 g/mol. The zero-order chi connectivity index (χ0) is 14.8. The topological polar surface area (TPSA) is 28.2 Å². The summed E-state index contributed by atoms with van der Waals surface area (Å²) in [5.41, 5.74) is 6.18. The predicted molar refractivity (Wildman–Crippen MR) is 88.7 cm³/mol. The summed E-state index contributed by atoms with van der Waals surface area (Å²) in [6.07, 6.45) is 2.82. The Morgan fingerprint density at radius 2 is 2.00 bits per heavy atom. The monoisotopic (exact) mass is 289 g/mol. The van der Waals surface area contributed by atoms with Gasteiger partial charge in [-0.15, -0.1) is 0 Å². The van der Waals surface area contributed by atoms with E-state index in [4.69, 9.17) is 0 Å². The quantitative estimate of drug-likeness (QED) is 0.694. The van der Waals surface area contributed by atoms with Gasteiger partial charge in [0.15, 0.2) is 0 Å². The zero-order valence-electron chi connectivity index (χ0n) is 12.6. The molecule has 0 spiro atoms. The third kappa shape index (κ3) is 2.52. The number of rotatable bonds is 1. The fraction of sp³-hybridized carbons (Fsp3) is 0.316. The van der Waals surface area contributed by atoms with Crippen molar-refractivity contribution in [2.75, 3.05) is 32.7 Å². The van der Waals surface area contributed by atoms with E-state index in [0.717, 1.165) is 50.4 Å². The molecule has 22 heavy (non-hydrogen) atoms. The second-order valence-corrected chi connectivity index (χ2v) is 5.84. The van der Waals surface area contributed by atoms with Crippen LogP contribution < -0.4 is 5.32 Å². The lowest BCUT2D eigenvalue weighted by molar-refractivity contribution is 0.268. The van der Waals surface area contributed by atoms with Crippen LogP contribution in [-0.4, -0.2) is 42.6 Å². The first-order valence-electron chi connectivity index (χ1n) is 7.90. The van der Waals surface area contributed by atoms with Crippen LogP contribution in [0.4, 0.5) is 0 Å². The van der Waals surface area contributed by atoms with E-state index in [1.165, 1.54) is 16.7 Å². The maximum atomic E-state index is 4.55. The van der Waals surface area contributed by atoms with Gasteiger partial charge < -0.3 is 5.32 Å². The van der Waals surface area contributed by atoms with Crippen molar-refractivity contribution < 1.29 is 0 Å². The number of nitrogens with zero attached hydrogens (tertiary/aromatic N) is 2. The summed E-state index contributed by atoms with van der Waals surface area (Å²) in [6, 6.07) is 10.6. The highest BCUT2D eigenvalue weighted by Gasteiger charge is 2.21. The Hall–Kier alpha value is -2.15. The van der Waals surface area contributed by atoms with E-state index in [2.05, 4.69) is 51.3 Å². The van der Waals surface area contributed by atoms with Gasteiger partial charge in [-0.25, -0.2) is 0 Å². The zero-order valence-corrected chi connectivity index (χ0v) is 12.6. The molecule has 110 valence electrons. The van der Waals surface area contributed by atoms with Crippen LogP contribution in [-0.2, 0) is 6.42 Å². The summed E-state index contributed by atoms with van der Waals surface area (Å²) in [6.45, 7) is 5.16. The van der Waals surface area contributed by atoms with Crippen LogP contribution in [0.1, 0.15) is 16.8 Å². The summed E-state index contributed by atoms with van der Waals surface area (Å²) in [5.74, 6) is 6.73. The van der Waals surface area contributed by atoms with Crippen molar-refractivity contribution in [1.82, 2.24) is 15.2 Å². The Labute approximate surface area is 131 Å². The normalized spacial score (nSPS) is 16.5. The van der Waals surface area contributed by atoms with Gasteiger partial charge in [0, 0.05) is 49.9 Å². The number of aromatic nitrogens is 1. The number of nitrogens with one attached hydrogen (secondary N) is 1. The summed E-state index contributed by atoms with van der Waals surface area (Å²) < 4.78 is 0. The summed E-state index contributed by atoms with van der Waals surface area (Å²) >= 11 is 0. The van der Waals surface area contributed by atoms with E-state index in [1.807, 2.05) is 12.3 Å². The van der Waals surface area contributed by atoms with Gasteiger partial charge in [-0.05, 0) is 17.2 Å². The molecule has 0 unspecified atom stereocenters.